The molecule has 0 radical (unpaired) electrons. The van der Waals surface area contributed by atoms with E-state index in [4.69, 9.17) is 9.15 Å². The monoisotopic (exact) mass is 483 g/mol. The first-order valence-electron chi connectivity index (χ1n) is 11.8. The molecule has 0 bridgehead atoms. The molecule has 2 aliphatic rings. The minimum Gasteiger partial charge on any atom is -0.455 e. The van der Waals surface area contributed by atoms with E-state index in [1.807, 2.05) is 6.92 Å². The van der Waals surface area contributed by atoms with Gasteiger partial charge in [0.1, 0.15) is 5.76 Å². The number of rotatable bonds is 8. The number of nitro groups is 1. The Bertz CT molecular complexity index is 1120. The van der Waals surface area contributed by atoms with Crippen molar-refractivity contribution in [1.82, 2.24) is 15.6 Å². The van der Waals surface area contributed by atoms with Gasteiger partial charge in [0.05, 0.1) is 23.8 Å². The van der Waals surface area contributed by atoms with Crippen LogP contribution in [0.25, 0.3) is 0 Å². The molecule has 0 spiro atoms. The number of amides is 2. The molecule has 2 aromatic rings. The molecular formula is C24H29N5O6. The van der Waals surface area contributed by atoms with Gasteiger partial charge in [-0.15, -0.1) is 0 Å². The number of nitro benzene ring substituents is 1. The van der Waals surface area contributed by atoms with Crippen LogP contribution in [0.5, 0.6) is 0 Å². The third-order valence-electron chi connectivity index (χ3n) is 6.21. The lowest BCUT2D eigenvalue weighted by atomic mass is 9.93. The number of carbonyl (C=O) groups is 2. The number of nitrogens with one attached hydrogen (secondary N) is 2. The molecule has 2 N–H and O–H groups in total. The van der Waals surface area contributed by atoms with Crippen LogP contribution in [-0.4, -0.2) is 66.7 Å². The second-order valence-corrected chi connectivity index (χ2v) is 8.57. The van der Waals surface area contributed by atoms with Crippen LogP contribution in [0, 0.1) is 17.0 Å². The summed E-state index contributed by atoms with van der Waals surface area (Å²) >= 11 is 0. The van der Waals surface area contributed by atoms with E-state index in [2.05, 4.69) is 20.7 Å². The third kappa shape index (κ3) is 5.92. The van der Waals surface area contributed by atoms with E-state index in [0.29, 0.717) is 36.4 Å². The first-order valence-corrected chi connectivity index (χ1v) is 11.8. The maximum atomic E-state index is 12.8. The Labute approximate surface area is 202 Å². The number of hydrogen-bond acceptors (Lipinski definition) is 8. The molecule has 2 amide bonds. The minimum atomic E-state index is -0.523. The van der Waals surface area contributed by atoms with Crippen LogP contribution in [-0.2, 0) is 11.2 Å². The Morgan fingerprint density at radius 3 is 2.60 bits per heavy atom. The predicted octanol–water partition coefficient (Wildman–Crippen LogP) is 2.42. The quantitative estimate of drug-likeness (QED) is 0.334. The number of carbonyl (C=O) groups excluding carboxylic acids is 2. The summed E-state index contributed by atoms with van der Waals surface area (Å²) in [4.78, 5) is 37.8. The summed E-state index contributed by atoms with van der Waals surface area (Å²) in [7, 11) is 0. The number of hydrogen-bond donors (Lipinski definition) is 2. The highest BCUT2D eigenvalue weighted by molar-refractivity contribution is 6.07. The average Bonchev–Trinajstić information content (AvgIpc) is 3.22. The number of furan rings is 1. The van der Waals surface area contributed by atoms with Crippen LogP contribution in [0.2, 0.25) is 0 Å². The van der Waals surface area contributed by atoms with Crippen molar-refractivity contribution in [3.05, 3.63) is 62.6 Å². The van der Waals surface area contributed by atoms with Crippen molar-refractivity contribution < 1.29 is 23.7 Å². The molecule has 4 rings (SSSR count). The second kappa shape index (κ2) is 11.2. The van der Waals surface area contributed by atoms with Crippen LogP contribution >= 0.6 is 0 Å². The van der Waals surface area contributed by atoms with Crippen molar-refractivity contribution in [2.45, 2.75) is 32.6 Å². The van der Waals surface area contributed by atoms with Gasteiger partial charge in [-0.3, -0.25) is 24.6 Å². The number of non-ortho nitro benzene ring substituents is 1. The van der Waals surface area contributed by atoms with Gasteiger partial charge in [0.2, 0.25) is 0 Å². The van der Waals surface area contributed by atoms with E-state index >= 15 is 0 Å². The summed E-state index contributed by atoms with van der Waals surface area (Å²) in [5.41, 5.74) is 4.80. The largest absolute Gasteiger partial charge is 0.455 e. The number of nitrogens with zero attached hydrogens (tertiary/aromatic N) is 3. The highest BCUT2D eigenvalue weighted by Crippen LogP contribution is 2.30. The van der Waals surface area contributed by atoms with Crippen molar-refractivity contribution in [2.75, 3.05) is 39.4 Å². The second-order valence-electron chi connectivity index (χ2n) is 8.57. The van der Waals surface area contributed by atoms with Gasteiger partial charge in [0.15, 0.2) is 5.76 Å². The molecular weight excluding hydrogens is 454 g/mol. The lowest BCUT2D eigenvalue weighted by Crippen LogP contribution is -2.38. The smallest absolute Gasteiger partial charge is 0.287 e. The van der Waals surface area contributed by atoms with E-state index < -0.39 is 10.8 Å². The van der Waals surface area contributed by atoms with Crippen LogP contribution in [0.3, 0.4) is 0 Å². The molecule has 1 fully saturated rings. The van der Waals surface area contributed by atoms with Crippen LogP contribution in [0.4, 0.5) is 5.69 Å². The highest BCUT2D eigenvalue weighted by atomic mass is 16.6. The zero-order valence-corrected chi connectivity index (χ0v) is 19.7. The van der Waals surface area contributed by atoms with Crippen molar-refractivity contribution in [2.24, 2.45) is 5.10 Å². The number of fused-ring (bicyclic) bond motifs is 1. The van der Waals surface area contributed by atoms with E-state index in [1.54, 1.807) is 0 Å². The molecule has 1 aliphatic carbocycles. The number of benzene rings is 1. The molecule has 0 saturated carbocycles. The molecule has 1 saturated heterocycles. The van der Waals surface area contributed by atoms with Crippen LogP contribution in [0.1, 0.15) is 57.1 Å². The summed E-state index contributed by atoms with van der Waals surface area (Å²) < 4.78 is 11.3. The Hall–Kier alpha value is -3.57. The zero-order valence-electron chi connectivity index (χ0n) is 19.7. The van der Waals surface area contributed by atoms with Crippen LogP contribution < -0.4 is 10.7 Å². The summed E-state index contributed by atoms with van der Waals surface area (Å²) in [5.74, 6) is 0.236. The fourth-order valence-electron chi connectivity index (χ4n) is 4.32. The average molecular weight is 484 g/mol. The maximum absolute atomic E-state index is 12.8. The Balaban J connectivity index is 1.38. The first-order chi connectivity index (χ1) is 16.9. The minimum absolute atomic E-state index is 0.0919. The molecule has 11 heteroatoms. The van der Waals surface area contributed by atoms with Crippen molar-refractivity contribution in [3.8, 4) is 0 Å². The first kappa shape index (κ1) is 24.6. The fourth-order valence-corrected chi connectivity index (χ4v) is 4.32. The molecule has 1 aromatic heterocycles. The molecule has 0 atom stereocenters. The van der Waals surface area contributed by atoms with E-state index in [0.717, 1.165) is 51.3 Å². The lowest BCUT2D eigenvalue weighted by Gasteiger charge is -2.26. The summed E-state index contributed by atoms with van der Waals surface area (Å²) in [6.45, 7) is 6.62. The summed E-state index contributed by atoms with van der Waals surface area (Å²) in [5, 5.41) is 18.0. The van der Waals surface area contributed by atoms with E-state index in [1.165, 1.54) is 24.3 Å². The molecule has 1 aliphatic heterocycles. The summed E-state index contributed by atoms with van der Waals surface area (Å²) in [6.07, 6.45) is 2.95. The normalized spacial score (nSPS) is 17.1. The number of hydrazone groups is 1. The number of aryl methyl sites for hydroxylation is 1. The van der Waals surface area contributed by atoms with Gasteiger partial charge in [-0.1, -0.05) is 0 Å². The van der Waals surface area contributed by atoms with Gasteiger partial charge in [-0.05, 0) is 44.9 Å². The SMILES string of the molecule is Cc1c(C(=O)NCCCN2CCOCC2)oc2c1/C(=N/NC(=O)c1ccc([N+](=O)[O-])cc1)CCC2. The van der Waals surface area contributed by atoms with E-state index in [9.17, 15) is 19.7 Å². The number of ether oxygens (including phenoxy) is 1. The van der Waals surface area contributed by atoms with Gasteiger partial charge in [-0.2, -0.15) is 5.10 Å². The molecule has 11 nitrogen and oxygen atoms in total. The predicted molar refractivity (Wildman–Crippen MR) is 128 cm³/mol. The third-order valence-corrected chi connectivity index (χ3v) is 6.21. The molecule has 186 valence electrons. The molecule has 2 heterocycles. The van der Waals surface area contributed by atoms with Crippen molar-refractivity contribution in [1.29, 1.82) is 0 Å². The van der Waals surface area contributed by atoms with Gasteiger partial charge in [0, 0.05) is 54.9 Å². The number of morpholine rings is 1. The van der Waals surface area contributed by atoms with Gasteiger partial charge in [0.25, 0.3) is 17.5 Å². The molecule has 0 unspecified atom stereocenters. The topological polar surface area (TPSA) is 139 Å². The highest BCUT2D eigenvalue weighted by Gasteiger charge is 2.28. The van der Waals surface area contributed by atoms with Gasteiger partial charge < -0.3 is 14.5 Å². The molecule has 35 heavy (non-hydrogen) atoms. The standard InChI is InChI=1S/C24H29N5O6/c1-16-21-19(26-27-23(30)17-6-8-18(9-7-17)29(32)33)4-2-5-20(21)35-22(16)24(31)25-10-3-11-28-12-14-34-15-13-28/h6-9H,2-5,10-15H2,1H3,(H,25,31)(H,27,30)/b26-19+. The van der Waals surface area contributed by atoms with Gasteiger partial charge >= 0.3 is 0 Å². The Kier molecular flexibility index (Phi) is 7.88. The Morgan fingerprint density at radius 1 is 1.14 bits per heavy atom. The lowest BCUT2D eigenvalue weighted by molar-refractivity contribution is -0.384. The van der Waals surface area contributed by atoms with Crippen LogP contribution in [0.15, 0.2) is 33.8 Å². The fraction of sp³-hybridized carbons (Fsp3) is 0.458. The van der Waals surface area contributed by atoms with Crippen molar-refractivity contribution >= 4 is 23.2 Å². The summed E-state index contributed by atoms with van der Waals surface area (Å²) in [6, 6.07) is 5.30. The van der Waals surface area contributed by atoms with E-state index in [-0.39, 0.29) is 22.9 Å². The zero-order chi connectivity index (χ0) is 24.8. The van der Waals surface area contributed by atoms with Gasteiger partial charge in [-0.25, -0.2) is 5.43 Å². The van der Waals surface area contributed by atoms with Crippen molar-refractivity contribution in [3.63, 3.8) is 0 Å². The Morgan fingerprint density at radius 2 is 1.89 bits per heavy atom. The molecule has 1 aromatic carbocycles. The maximum Gasteiger partial charge on any atom is 0.287 e.